The number of H-pyrrole nitrogens is 2. The lowest BCUT2D eigenvalue weighted by Gasteiger charge is -2.13. The first-order valence-electron chi connectivity index (χ1n) is 6.90. The number of rotatable bonds is 6. The molecule has 0 aliphatic heterocycles. The van der Waals surface area contributed by atoms with E-state index in [0.29, 0.717) is 11.2 Å². The average Bonchev–Trinajstić information content (AvgIpc) is 2.88. The number of imidazole rings is 1. The largest absolute Gasteiger partial charge is 0.339 e. The highest BCUT2D eigenvalue weighted by Gasteiger charge is 2.17. The number of unbranched alkanes of at least 4 members (excludes halogenated alkanes) is 1. The highest BCUT2D eigenvalue weighted by molar-refractivity contribution is 5.91. The van der Waals surface area contributed by atoms with Crippen molar-refractivity contribution in [1.29, 1.82) is 0 Å². The van der Waals surface area contributed by atoms with Crippen molar-refractivity contribution in [2.75, 3.05) is 5.32 Å². The molecule has 0 bridgehead atoms. The summed E-state index contributed by atoms with van der Waals surface area (Å²) >= 11 is 0. The first kappa shape index (κ1) is 14.2. The Morgan fingerprint density at radius 3 is 2.95 bits per heavy atom. The van der Waals surface area contributed by atoms with E-state index in [2.05, 4.69) is 32.2 Å². The highest BCUT2D eigenvalue weighted by Crippen LogP contribution is 2.14. The number of hydrogen-bond acceptors (Lipinski definition) is 4. The second-order valence-electron chi connectivity index (χ2n) is 4.75. The highest BCUT2D eigenvalue weighted by atomic mass is 16.2. The van der Waals surface area contributed by atoms with Gasteiger partial charge in [-0.3, -0.25) is 19.9 Å². The molecule has 1 amide bonds. The number of anilines is 1. The molecule has 0 radical (unpaired) electrons. The Morgan fingerprint density at radius 1 is 1.45 bits per heavy atom. The van der Waals surface area contributed by atoms with Crippen LogP contribution in [0.2, 0.25) is 0 Å². The van der Waals surface area contributed by atoms with Crippen LogP contribution in [0.4, 0.5) is 5.95 Å². The Hall–Kier alpha value is -2.18. The van der Waals surface area contributed by atoms with Crippen molar-refractivity contribution in [3.05, 3.63) is 16.7 Å². The van der Waals surface area contributed by atoms with Gasteiger partial charge in [0.15, 0.2) is 11.2 Å². The molecule has 0 fully saturated rings. The number of nitrogens with one attached hydrogen (secondary N) is 3. The van der Waals surface area contributed by atoms with Gasteiger partial charge in [-0.25, -0.2) is 4.98 Å². The molecule has 0 aliphatic carbocycles. The van der Waals surface area contributed by atoms with Crippen LogP contribution in [0.5, 0.6) is 0 Å². The van der Waals surface area contributed by atoms with E-state index < -0.39 is 0 Å². The second-order valence-corrected chi connectivity index (χ2v) is 4.75. The van der Waals surface area contributed by atoms with E-state index in [1.807, 2.05) is 6.92 Å². The molecule has 0 spiro atoms. The first-order chi connectivity index (χ1) is 9.65. The quantitative estimate of drug-likeness (QED) is 0.749. The van der Waals surface area contributed by atoms with Crippen molar-refractivity contribution < 1.29 is 4.79 Å². The van der Waals surface area contributed by atoms with Gasteiger partial charge in [0.2, 0.25) is 11.9 Å². The fraction of sp³-hybridized carbons (Fsp3) is 0.538. The summed E-state index contributed by atoms with van der Waals surface area (Å²) in [5.41, 5.74) is 0.260. The van der Waals surface area contributed by atoms with Crippen LogP contribution in [0.15, 0.2) is 11.1 Å². The van der Waals surface area contributed by atoms with Gasteiger partial charge in [0, 0.05) is 5.92 Å². The molecular weight excluding hydrogens is 258 g/mol. The van der Waals surface area contributed by atoms with Crippen molar-refractivity contribution in [2.24, 2.45) is 5.92 Å². The Bertz CT molecular complexity index is 645. The van der Waals surface area contributed by atoms with Crippen LogP contribution in [0.1, 0.15) is 39.5 Å². The zero-order valence-corrected chi connectivity index (χ0v) is 11.7. The molecule has 20 heavy (non-hydrogen) atoms. The summed E-state index contributed by atoms with van der Waals surface area (Å²) in [5, 5.41) is 2.67. The normalized spacial score (nSPS) is 12.5. The predicted molar refractivity (Wildman–Crippen MR) is 76.4 cm³/mol. The van der Waals surface area contributed by atoms with Gasteiger partial charge >= 0.3 is 0 Å². The molecular formula is C13H19N5O2. The van der Waals surface area contributed by atoms with Gasteiger partial charge in [-0.15, -0.1) is 0 Å². The summed E-state index contributed by atoms with van der Waals surface area (Å²) < 4.78 is 0. The van der Waals surface area contributed by atoms with Crippen LogP contribution in [-0.4, -0.2) is 25.8 Å². The summed E-state index contributed by atoms with van der Waals surface area (Å²) in [6, 6.07) is 0. The van der Waals surface area contributed by atoms with E-state index in [4.69, 9.17) is 0 Å². The third-order valence-corrected chi connectivity index (χ3v) is 3.31. The number of aromatic amines is 2. The molecule has 2 rings (SSSR count). The third-order valence-electron chi connectivity index (χ3n) is 3.31. The van der Waals surface area contributed by atoms with Crippen molar-refractivity contribution in [3.63, 3.8) is 0 Å². The predicted octanol–water partition coefficient (Wildman–Crippen LogP) is 1.80. The summed E-state index contributed by atoms with van der Waals surface area (Å²) in [5.74, 6) is -0.0244. The molecule has 2 heterocycles. The van der Waals surface area contributed by atoms with Gasteiger partial charge in [-0.05, 0) is 12.8 Å². The van der Waals surface area contributed by atoms with Crippen LogP contribution < -0.4 is 10.9 Å². The number of carbonyl (C=O) groups is 1. The van der Waals surface area contributed by atoms with E-state index in [-0.39, 0.29) is 23.3 Å². The Labute approximate surface area is 116 Å². The van der Waals surface area contributed by atoms with Gasteiger partial charge in [0.05, 0.1) is 6.33 Å². The number of hydrogen-bond donors (Lipinski definition) is 3. The summed E-state index contributed by atoms with van der Waals surface area (Å²) in [6.07, 6.45) is 5.06. The topological polar surface area (TPSA) is 104 Å². The Balaban J connectivity index is 2.14. The monoisotopic (exact) mass is 277 g/mol. The van der Waals surface area contributed by atoms with Crippen LogP contribution in [0, 0.1) is 5.92 Å². The molecule has 2 aromatic heterocycles. The number of carbonyl (C=O) groups excluding carboxylic acids is 1. The minimum atomic E-state index is -0.343. The molecule has 3 N–H and O–H groups in total. The SMILES string of the molecule is CCCCC(CC)C(=O)Nc1nc2nc[nH]c2c(=O)[nH]1. The minimum Gasteiger partial charge on any atom is -0.339 e. The van der Waals surface area contributed by atoms with Gasteiger partial charge < -0.3 is 4.98 Å². The first-order valence-corrected chi connectivity index (χ1v) is 6.90. The van der Waals surface area contributed by atoms with Crippen molar-refractivity contribution >= 4 is 23.0 Å². The number of nitrogens with zero attached hydrogens (tertiary/aromatic N) is 2. The summed E-state index contributed by atoms with van der Waals surface area (Å²) in [7, 11) is 0. The zero-order chi connectivity index (χ0) is 14.5. The maximum atomic E-state index is 12.1. The van der Waals surface area contributed by atoms with Crippen LogP contribution in [0.25, 0.3) is 11.2 Å². The van der Waals surface area contributed by atoms with Gasteiger partial charge in [0.25, 0.3) is 5.56 Å². The average molecular weight is 277 g/mol. The van der Waals surface area contributed by atoms with Gasteiger partial charge in [-0.1, -0.05) is 26.7 Å². The molecule has 0 aromatic carbocycles. The van der Waals surface area contributed by atoms with E-state index in [0.717, 1.165) is 25.7 Å². The van der Waals surface area contributed by atoms with Crippen LogP contribution in [-0.2, 0) is 4.79 Å². The molecule has 0 saturated carbocycles. The number of amides is 1. The zero-order valence-electron chi connectivity index (χ0n) is 11.7. The maximum absolute atomic E-state index is 12.1. The minimum absolute atomic E-state index is 0.0601. The third kappa shape index (κ3) is 3.04. The van der Waals surface area contributed by atoms with Crippen molar-refractivity contribution in [3.8, 4) is 0 Å². The summed E-state index contributed by atoms with van der Waals surface area (Å²) in [4.78, 5) is 37.1. The molecule has 7 heteroatoms. The molecule has 2 aromatic rings. The van der Waals surface area contributed by atoms with Crippen LogP contribution >= 0.6 is 0 Å². The van der Waals surface area contributed by atoms with E-state index in [9.17, 15) is 9.59 Å². The standard InChI is InChI=1S/C13H19N5O2/c1-3-5-6-8(4-2)11(19)17-13-16-10-9(12(20)18-13)14-7-15-10/h7-8H,3-6H2,1-2H3,(H3,14,15,16,17,18,19,20). The molecule has 1 unspecified atom stereocenters. The lowest BCUT2D eigenvalue weighted by molar-refractivity contribution is -0.120. The molecule has 1 atom stereocenters. The fourth-order valence-electron chi connectivity index (χ4n) is 2.09. The molecule has 0 saturated heterocycles. The Morgan fingerprint density at radius 2 is 2.25 bits per heavy atom. The summed E-state index contributed by atoms with van der Waals surface area (Å²) in [6.45, 7) is 4.07. The molecule has 108 valence electrons. The lowest BCUT2D eigenvalue weighted by Crippen LogP contribution is -2.25. The smallest absolute Gasteiger partial charge is 0.278 e. The van der Waals surface area contributed by atoms with Crippen molar-refractivity contribution in [1.82, 2.24) is 19.9 Å². The van der Waals surface area contributed by atoms with Gasteiger partial charge in [0.1, 0.15) is 0 Å². The van der Waals surface area contributed by atoms with E-state index >= 15 is 0 Å². The van der Waals surface area contributed by atoms with E-state index in [1.165, 1.54) is 6.33 Å². The number of fused-ring (bicyclic) bond motifs is 1. The Kier molecular flexibility index (Phi) is 4.49. The van der Waals surface area contributed by atoms with Crippen LogP contribution in [0.3, 0.4) is 0 Å². The maximum Gasteiger partial charge on any atom is 0.278 e. The number of aromatic nitrogens is 4. The molecule has 7 nitrogen and oxygen atoms in total. The van der Waals surface area contributed by atoms with Crippen molar-refractivity contribution in [2.45, 2.75) is 39.5 Å². The second kappa shape index (κ2) is 6.31. The lowest BCUT2D eigenvalue weighted by atomic mass is 9.99. The van der Waals surface area contributed by atoms with Gasteiger partial charge in [-0.2, -0.15) is 4.98 Å². The molecule has 0 aliphatic rings. The fourth-order valence-corrected chi connectivity index (χ4v) is 2.09. The van der Waals surface area contributed by atoms with E-state index in [1.54, 1.807) is 0 Å².